The second-order valence-corrected chi connectivity index (χ2v) is 10.6. The first kappa shape index (κ1) is 29.8. The number of carboxylic acids is 1. The second kappa shape index (κ2) is 13.9. The van der Waals surface area contributed by atoms with Gasteiger partial charge in [0.25, 0.3) is 0 Å². The quantitative estimate of drug-likeness (QED) is 0.255. The van der Waals surface area contributed by atoms with Crippen LogP contribution in [0.4, 0.5) is 4.79 Å². The fraction of sp³-hybridized carbons (Fsp3) is 0.364. The number of carbonyl (C=O) groups excluding carboxylic acids is 2. The molecule has 1 aliphatic rings. The van der Waals surface area contributed by atoms with E-state index in [1.54, 1.807) is 6.92 Å². The molecule has 0 heterocycles. The van der Waals surface area contributed by atoms with Gasteiger partial charge in [-0.3, -0.25) is 4.79 Å². The number of rotatable bonds is 13. The molecule has 2 amide bonds. The third-order valence-electron chi connectivity index (χ3n) is 7.67. The number of carbonyl (C=O) groups is 3. The number of alkyl carbamates (subject to hydrolysis) is 1. The maximum atomic E-state index is 13.4. The van der Waals surface area contributed by atoms with Crippen molar-refractivity contribution >= 4 is 18.0 Å². The van der Waals surface area contributed by atoms with Gasteiger partial charge in [-0.2, -0.15) is 0 Å². The number of ether oxygens (including phenoxy) is 2. The van der Waals surface area contributed by atoms with Crippen LogP contribution in [0, 0.1) is 5.92 Å². The molecule has 3 N–H and O–H groups in total. The predicted molar refractivity (Wildman–Crippen MR) is 156 cm³/mol. The Bertz CT molecular complexity index is 1300. The van der Waals surface area contributed by atoms with Gasteiger partial charge in [-0.1, -0.05) is 99.1 Å². The second-order valence-electron chi connectivity index (χ2n) is 10.6. The van der Waals surface area contributed by atoms with E-state index in [2.05, 4.69) is 22.8 Å². The number of amides is 2. The zero-order valence-electron chi connectivity index (χ0n) is 23.7. The van der Waals surface area contributed by atoms with Crippen molar-refractivity contribution in [3.63, 3.8) is 0 Å². The number of fused-ring (bicyclic) bond motifs is 3. The molecule has 0 aliphatic heterocycles. The first-order valence-electron chi connectivity index (χ1n) is 14.1. The van der Waals surface area contributed by atoms with Crippen molar-refractivity contribution < 1.29 is 29.0 Å². The first-order chi connectivity index (χ1) is 19.8. The van der Waals surface area contributed by atoms with E-state index >= 15 is 0 Å². The molecule has 3 aromatic rings. The van der Waals surface area contributed by atoms with Gasteiger partial charge in [-0.05, 0) is 47.1 Å². The van der Waals surface area contributed by atoms with E-state index in [-0.39, 0.29) is 31.5 Å². The molecule has 0 saturated heterocycles. The molecule has 0 radical (unpaired) electrons. The largest absolute Gasteiger partial charge is 0.480 e. The average Bonchev–Trinajstić information content (AvgIpc) is 3.31. The van der Waals surface area contributed by atoms with Gasteiger partial charge in [-0.15, -0.1) is 0 Å². The highest BCUT2D eigenvalue weighted by Crippen LogP contribution is 2.44. The summed E-state index contributed by atoms with van der Waals surface area (Å²) in [5.41, 5.74) is 5.27. The maximum absolute atomic E-state index is 13.4. The lowest BCUT2D eigenvalue weighted by atomic mass is 9.98. The molecule has 41 heavy (non-hydrogen) atoms. The molecule has 8 nitrogen and oxygen atoms in total. The average molecular weight is 559 g/mol. The van der Waals surface area contributed by atoms with Gasteiger partial charge < -0.3 is 25.2 Å². The minimum Gasteiger partial charge on any atom is -0.480 e. The highest BCUT2D eigenvalue weighted by atomic mass is 16.5. The van der Waals surface area contributed by atoms with Crippen molar-refractivity contribution in [3.8, 4) is 11.1 Å². The van der Waals surface area contributed by atoms with Crippen LogP contribution in [0.1, 0.15) is 56.2 Å². The van der Waals surface area contributed by atoms with E-state index < -0.39 is 36.2 Å². The van der Waals surface area contributed by atoms with Crippen LogP contribution >= 0.6 is 0 Å². The summed E-state index contributed by atoms with van der Waals surface area (Å²) < 4.78 is 11.6. The third kappa shape index (κ3) is 7.52. The smallest absolute Gasteiger partial charge is 0.407 e. The van der Waals surface area contributed by atoms with Crippen molar-refractivity contribution in [1.82, 2.24) is 10.6 Å². The third-order valence-corrected chi connectivity index (χ3v) is 7.67. The van der Waals surface area contributed by atoms with Crippen LogP contribution in [0.25, 0.3) is 11.1 Å². The lowest BCUT2D eigenvalue weighted by Gasteiger charge is -2.27. The van der Waals surface area contributed by atoms with Crippen LogP contribution in [0.15, 0.2) is 78.9 Å². The number of aliphatic carboxylic acids is 1. The van der Waals surface area contributed by atoms with Crippen LogP contribution in [-0.2, 0) is 25.7 Å². The minimum atomic E-state index is -1.17. The molecule has 216 valence electrons. The molecule has 4 rings (SSSR count). The Kier molecular flexibility index (Phi) is 10.1. The summed E-state index contributed by atoms with van der Waals surface area (Å²) in [5.74, 6) is -1.82. The number of hydrogen-bond donors (Lipinski definition) is 3. The van der Waals surface area contributed by atoms with E-state index in [4.69, 9.17) is 9.47 Å². The van der Waals surface area contributed by atoms with E-state index in [0.717, 1.165) is 34.2 Å². The van der Waals surface area contributed by atoms with Gasteiger partial charge in [-0.25, -0.2) is 9.59 Å². The molecule has 0 aromatic heterocycles. The topological polar surface area (TPSA) is 114 Å². The van der Waals surface area contributed by atoms with Crippen LogP contribution in [0.2, 0.25) is 0 Å². The SMILES string of the molecule is CCC(C)CC(NC(=O)C(NC(=O)OCC1c2ccccc2-c2ccccc21)C(C)OCc1ccccc1)C(=O)O. The number of nitrogens with one attached hydrogen (secondary N) is 2. The Morgan fingerprint density at radius 2 is 1.44 bits per heavy atom. The Hall–Kier alpha value is -4.17. The molecular formula is C33H38N2O6. The Labute approximate surface area is 241 Å². The fourth-order valence-corrected chi connectivity index (χ4v) is 5.11. The van der Waals surface area contributed by atoms with Gasteiger partial charge >= 0.3 is 12.1 Å². The molecule has 4 unspecified atom stereocenters. The number of benzene rings is 3. The van der Waals surface area contributed by atoms with E-state index in [9.17, 15) is 19.5 Å². The molecule has 0 saturated carbocycles. The molecule has 3 aromatic carbocycles. The normalized spacial score (nSPS) is 15.1. The Morgan fingerprint density at radius 3 is 2.02 bits per heavy atom. The summed E-state index contributed by atoms with van der Waals surface area (Å²) in [5, 5.41) is 15.0. The standard InChI is InChI=1S/C33H38N2O6/c1-4-21(2)18-29(32(37)38)34-31(36)30(22(3)40-19-23-12-6-5-7-13-23)35-33(39)41-20-28-26-16-10-8-14-24(26)25-15-9-11-17-27(25)28/h5-17,21-22,28-30H,4,18-20H2,1-3H3,(H,34,36)(H,35,39)(H,37,38). The molecule has 0 spiro atoms. The summed E-state index contributed by atoms with van der Waals surface area (Å²) in [6, 6.07) is 23.2. The molecule has 0 fully saturated rings. The Balaban J connectivity index is 1.46. The number of hydrogen-bond acceptors (Lipinski definition) is 5. The van der Waals surface area contributed by atoms with E-state index in [0.29, 0.717) is 0 Å². The van der Waals surface area contributed by atoms with Crippen molar-refractivity contribution in [2.75, 3.05) is 6.61 Å². The summed E-state index contributed by atoms with van der Waals surface area (Å²) in [7, 11) is 0. The van der Waals surface area contributed by atoms with Crippen molar-refractivity contribution in [1.29, 1.82) is 0 Å². The van der Waals surface area contributed by atoms with Gasteiger partial charge in [0.15, 0.2) is 0 Å². The predicted octanol–water partition coefficient (Wildman–Crippen LogP) is 5.50. The van der Waals surface area contributed by atoms with E-state index in [1.807, 2.05) is 80.6 Å². The summed E-state index contributed by atoms with van der Waals surface area (Å²) in [6.45, 7) is 5.86. The zero-order valence-corrected chi connectivity index (χ0v) is 23.7. The molecule has 0 bridgehead atoms. The molecular weight excluding hydrogens is 520 g/mol. The summed E-state index contributed by atoms with van der Waals surface area (Å²) in [4.78, 5) is 38.4. The van der Waals surface area contributed by atoms with Crippen LogP contribution in [0.3, 0.4) is 0 Å². The molecule has 4 atom stereocenters. The van der Waals surface area contributed by atoms with Crippen molar-refractivity contribution in [2.45, 2.75) is 64.3 Å². The Morgan fingerprint density at radius 1 is 0.854 bits per heavy atom. The zero-order chi connectivity index (χ0) is 29.4. The highest BCUT2D eigenvalue weighted by Gasteiger charge is 2.33. The lowest BCUT2D eigenvalue weighted by molar-refractivity contribution is -0.143. The van der Waals surface area contributed by atoms with Gasteiger partial charge in [0.1, 0.15) is 18.7 Å². The first-order valence-corrected chi connectivity index (χ1v) is 14.1. The monoisotopic (exact) mass is 558 g/mol. The van der Waals surface area contributed by atoms with Gasteiger partial charge in [0.05, 0.1) is 12.7 Å². The maximum Gasteiger partial charge on any atom is 0.407 e. The molecule has 8 heteroatoms. The van der Waals surface area contributed by atoms with Gasteiger partial charge in [0.2, 0.25) is 5.91 Å². The lowest BCUT2D eigenvalue weighted by Crippen LogP contribution is -2.56. The number of carboxylic acid groups (broad SMARTS) is 1. The molecule has 1 aliphatic carbocycles. The van der Waals surface area contributed by atoms with Crippen LogP contribution in [0.5, 0.6) is 0 Å². The van der Waals surface area contributed by atoms with Crippen molar-refractivity contribution in [2.24, 2.45) is 5.92 Å². The van der Waals surface area contributed by atoms with E-state index in [1.165, 1.54) is 0 Å². The highest BCUT2D eigenvalue weighted by molar-refractivity contribution is 5.89. The van der Waals surface area contributed by atoms with Crippen molar-refractivity contribution in [3.05, 3.63) is 95.6 Å². The minimum absolute atomic E-state index is 0.0826. The van der Waals surface area contributed by atoms with Crippen LogP contribution < -0.4 is 10.6 Å². The summed E-state index contributed by atoms with van der Waals surface area (Å²) >= 11 is 0. The summed E-state index contributed by atoms with van der Waals surface area (Å²) in [6.07, 6.45) is -0.503. The fourth-order valence-electron chi connectivity index (χ4n) is 5.11. The van der Waals surface area contributed by atoms with Gasteiger partial charge in [0, 0.05) is 5.92 Å². The van der Waals surface area contributed by atoms with Crippen LogP contribution in [-0.4, -0.2) is 47.9 Å².